The fourth-order valence-electron chi connectivity index (χ4n) is 1.47. The molecule has 0 saturated heterocycles. The Morgan fingerprint density at radius 3 is 2.78 bits per heavy atom. The smallest absolute Gasteiger partial charge is 0.273 e. The van der Waals surface area contributed by atoms with Crippen molar-refractivity contribution >= 4 is 23.2 Å². The van der Waals surface area contributed by atoms with E-state index in [-0.39, 0.29) is 11.6 Å². The molecule has 0 radical (unpaired) electrons. The van der Waals surface area contributed by atoms with Crippen LogP contribution in [0.15, 0.2) is 18.2 Å². The van der Waals surface area contributed by atoms with Crippen LogP contribution in [0, 0.1) is 17.0 Å². The number of rotatable bonds is 6. The molecule has 1 amide bonds. The highest BCUT2D eigenvalue weighted by Gasteiger charge is 2.14. The average molecular weight is 271 g/mol. The van der Waals surface area contributed by atoms with Crippen molar-refractivity contribution in [1.82, 2.24) is 5.32 Å². The van der Waals surface area contributed by atoms with E-state index in [1.165, 1.54) is 6.07 Å². The van der Waals surface area contributed by atoms with Crippen LogP contribution in [-0.2, 0) is 0 Å². The molecule has 1 aromatic carbocycles. The number of aryl methyl sites for hydroxylation is 1. The molecule has 0 spiro atoms. The van der Waals surface area contributed by atoms with Crippen molar-refractivity contribution in [3.8, 4) is 0 Å². The molecule has 1 N–H and O–H groups in total. The number of unbranched alkanes of at least 4 members (excludes halogenated alkanes) is 1. The summed E-state index contributed by atoms with van der Waals surface area (Å²) in [6.07, 6.45) is 1.62. The third-order valence-corrected chi connectivity index (χ3v) is 2.78. The second-order valence-corrected chi connectivity index (χ2v) is 4.29. The molecule has 0 fully saturated rings. The van der Waals surface area contributed by atoms with Gasteiger partial charge in [-0.1, -0.05) is 6.07 Å². The highest BCUT2D eigenvalue weighted by Crippen LogP contribution is 2.19. The van der Waals surface area contributed by atoms with Gasteiger partial charge in [-0.2, -0.15) is 0 Å². The number of nitro benzene ring substituents is 1. The highest BCUT2D eigenvalue weighted by atomic mass is 35.5. The van der Waals surface area contributed by atoms with Crippen molar-refractivity contribution in [2.24, 2.45) is 0 Å². The van der Waals surface area contributed by atoms with E-state index >= 15 is 0 Å². The Hall–Kier alpha value is -1.62. The Balaban J connectivity index is 2.68. The van der Waals surface area contributed by atoms with E-state index < -0.39 is 4.92 Å². The topological polar surface area (TPSA) is 72.2 Å². The first-order valence-corrected chi connectivity index (χ1v) is 6.19. The Bertz CT molecular complexity index is 449. The fourth-order valence-corrected chi connectivity index (χ4v) is 1.66. The minimum Gasteiger partial charge on any atom is -0.352 e. The lowest BCUT2D eigenvalue weighted by atomic mass is 10.1. The largest absolute Gasteiger partial charge is 0.352 e. The van der Waals surface area contributed by atoms with Crippen molar-refractivity contribution < 1.29 is 9.72 Å². The lowest BCUT2D eigenvalue weighted by Crippen LogP contribution is -2.24. The molecule has 0 unspecified atom stereocenters. The van der Waals surface area contributed by atoms with Gasteiger partial charge in [0, 0.05) is 29.6 Å². The number of amides is 1. The summed E-state index contributed by atoms with van der Waals surface area (Å²) >= 11 is 5.52. The molecule has 1 rings (SSSR count). The van der Waals surface area contributed by atoms with Crippen LogP contribution in [0.5, 0.6) is 0 Å². The first-order valence-electron chi connectivity index (χ1n) is 5.65. The van der Waals surface area contributed by atoms with Gasteiger partial charge in [-0.3, -0.25) is 14.9 Å². The molecule has 0 aliphatic carbocycles. The minimum absolute atomic E-state index is 0.0385. The standard InChI is InChI=1S/C12H15ClN2O3/c1-9-4-5-10(8-11(9)15(17)18)12(16)14-7-3-2-6-13/h4-5,8H,2-3,6-7H2,1H3,(H,14,16). The number of alkyl halides is 1. The second kappa shape index (κ2) is 6.96. The van der Waals surface area contributed by atoms with Gasteiger partial charge in [0.1, 0.15) is 0 Å². The van der Waals surface area contributed by atoms with E-state index in [1.54, 1.807) is 19.1 Å². The molecular weight excluding hydrogens is 256 g/mol. The molecule has 0 aliphatic heterocycles. The highest BCUT2D eigenvalue weighted by molar-refractivity contribution is 6.17. The van der Waals surface area contributed by atoms with Crippen molar-refractivity contribution in [3.05, 3.63) is 39.4 Å². The van der Waals surface area contributed by atoms with Crippen LogP contribution >= 0.6 is 11.6 Å². The first kappa shape index (κ1) is 14.4. The van der Waals surface area contributed by atoms with Gasteiger partial charge in [0.15, 0.2) is 0 Å². The number of benzene rings is 1. The van der Waals surface area contributed by atoms with Crippen LogP contribution in [0.25, 0.3) is 0 Å². The lowest BCUT2D eigenvalue weighted by molar-refractivity contribution is -0.385. The van der Waals surface area contributed by atoms with Gasteiger partial charge in [-0.05, 0) is 25.8 Å². The normalized spacial score (nSPS) is 10.1. The van der Waals surface area contributed by atoms with Gasteiger partial charge in [-0.25, -0.2) is 0 Å². The van der Waals surface area contributed by atoms with E-state index in [4.69, 9.17) is 11.6 Å². The van der Waals surface area contributed by atoms with E-state index in [0.29, 0.717) is 23.6 Å². The molecule has 0 saturated carbocycles. The number of hydrogen-bond donors (Lipinski definition) is 1. The van der Waals surface area contributed by atoms with E-state index in [9.17, 15) is 14.9 Å². The summed E-state index contributed by atoms with van der Waals surface area (Å²) in [6, 6.07) is 4.46. The average Bonchev–Trinajstić information content (AvgIpc) is 2.34. The fraction of sp³-hybridized carbons (Fsp3) is 0.417. The van der Waals surface area contributed by atoms with Crippen LogP contribution in [-0.4, -0.2) is 23.3 Å². The number of hydrogen-bond acceptors (Lipinski definition) is 3. The Labute approximate surface area is 110 Å². The predicted octanol–water partition coefficient (Wildman–Crippen LogP) is 2.65. The molecule has 18 heavy (non-hydrogen) atoms. The minimum atomic E-state index is -0.486. The molecule has 1 aromatic rings. The summed E-state index contributed by atoms with van der Waals surface area (Å²) in [5.74, 6) is 0.263. The zero-order chi connectivity index (χ0) is 13.5. The maximum absolute atomic E-state index is 11.7. The van der Waals surface area contributed by atoms with Gasteiger partial charge in [0.25, 0.3) is 11.6 Å². The summed E-state index contributed by atoms with van der Waals surface area (Å²) in [5, 5.41) is 13.5. The van der Waals surface area contributed by atoms with Crippen molar-refractivity contribution in [2.45, 2.75) is 19.8 Å². The molecule has 0 aromatic heterocycles. The Morgan fingerprint density at radius 1 is 1.44 bits per heavy atom. The summed E-state index contributed by atoms with van der Waals surface area (Å²) < 4.78 is 0. The van der Waals surface area contributed by atoms with Crippen LogP contribution in [0.2, 0.25) is 0 Å². The maximum Gasteiger partial charge on any atom is 0.273 e. The zero-order valence-electron chi connectivity index (χ0n) is 10.1. The van der Waals surface area contributed by atoms with Crippen LogP contribution in [0.3, 0.4) is 0 Å². The van der Waals surface area contributed by atoms with E-state index in [0.717, 1.165) is 12.8 Å². The summed E-state index contributed by atoms with van der Waals surface area (Å²) in [6.45, 7) is 2.16. The van der Waals surface area contributed by atoms with Gasteiger partial charge < -0.3 is 5.32 Å². The molecular formula is C12H15ClN2O3. The van der Waals surface area contributed by atoms with Gasteiger partial charge in [-0.15, -0.1) is 11.6 Å². The van der Waals surface area contributed by atoms with Gasteiger partial charge in [0.05, 0.1) is 4.92 Å². The quantitative estimate of drug-likeness (QED) is 0.374. The second-order valence-electron chi connectivity index (χ2n) is 3.91. The van der Waals surface area contributed by atoms with E-state index in [2.05, 4.69) is 5.32 Å². The molecule has 0 bridgehead atoms. The number of halogens is 1. The third-order valence-electron chi connectivity index (χ3n) is 2.51. The summed E-state index contributed by atoms with van der Waals surface area (Å²) in [4.78, 5) is 22.0. The van der Waals surface area contributed by atoms with Crippen LogP contribution < -0.4 is 5.32 Å². The zero-order valence-corrected chi connectivity index (χ0v) is 10.9. The first-order chi connectivity index (χ1) is 8.56. The molecule has 5 nitrogen and oxygen atoms in total. The SMILES string of the molecule is Cc1ccc(C(=O)NCCCCCl)cc1[N+](=O)[O-]. The summed E-state index contributed by atoms with van der Waals surface area (Å²) in [5.41, 5.74) is 0.806. The van der Waals surface area contributed by atoms with Crippen molar-refractivity contribution in [2.75, 3.05) is 12.4 Å². The Kier molecular flexibility index (Phi) is 5.58. The maximum atomic E-state index is 11.7. The molecule has 0 aliphatic rings. The van der Waals surface area contributed by atoms with E-state index in [1.807, 2.05) is 0 Å². The predicted molar refractivity (Wildman–Crippen MR) is 70.1 cm³/mol. The number of nitrogens with zero attached hydrogens (tertiary/aromatic N) is 1. The molecule has 0 atom stereocenters. The third kappa shape index (κ3) is 4.00. The molecule has 98 valence electrons. The number of nitrogens with one attached hydrogen (secondary N) is 1. The van der Waals surface area contributed by atoms with Crippen molar-refractivity contribution in [3.63, 3.8) is 0 Å². The molecule has 0 heterocycles. The van der Waals surface area contributed by atoms with Crippen LogP contribution in [0.4, 0.5) is 5.69 Å². The number of carbonyl (C=O) groups is 1. The van der Waals surface area contributed by atoms with Crippen molar-refractivity contribution in [1.29, 1.82) is 0 Å². The number of nitro groups is 1. The summed E-state index contributed by atoms with van der Waals surface area (Å²) in [7, 11) is 0. The molecule has 6 heteroatoms. The lowest BCUT2D eigenvalue weighted by Gasteiger charge is -2.05. The monoisotopic (exact) mass is 270 g/mol. The van der Waals surface area contributed by atoms with Crippen LogP contribution in [0.1, 0.15) is 28.8 Å². The number of carbonyl (C=O) groups excluding carboxylic acids is 1. The Morgan fingerprint density at radius 2 is 2.17 bits per heavy atom. The van der Waals surface area contributed by atoms with Gasteiger partial charge >= 0.3 is 0 Å². The van der Waals surface area contributed by atoms with Gasteiger partial charge in [0.2, 0.25) is 0 Å².